The van der Waals surface area contributed by atoms with Crippen LogP contribution in [0, 0.1) is 12.3 Å². The van der Waals surface area contributed by atoms with E-state index in [9.17, 15) is 0 Å². The average molecular weight is 268 g/mol. The molecule has 0 aliphatic heterocycles. The van der Waals surface area contributed by atoms with Crippen LogP contribution in [0.15, 0.2) is 30.3 Å². The van der Waals surface area contributed by atoms with Crippen LogP contribution < -0.4 is 5.32 Å². The molecule has 0 saturated carbocycles. The number of rotatable bonds is 5. The molecule has 106 valence electrons. The number of nitrogens with zero attached hydrogens (tertiary/aromatic N) is 1. The zero-order chi connectivity index (χ0) is 14.6. The van der Waals surface area contributed by atoms with Crippen LogP contribution in [0.5, 0.6) is 0 Å². The first-order chi connectivity index (χ1) is 9.51. The van der Waals surface area contributed by atoms with Gasteiger partial charge in [0.25, 0.3) is 0 Å². The molecule has 0 aliphatic carbocycles. The maximum Gasteiger partial charge on any atom is 0.0482 e. The fourth-order valence-corrected chi connectivity index (χ4v) is 2.37. The van der Waals surface area contributed by atoms with Gasteiger partial charge in [0.15, 0.2) is 0 Å². The van der Waals surface area contributed by atoms with Crippen molar-refractivity contribution in [2.75, 3.05) is 0 Å². The van der Waals surface area contributed by atoms with E-state index in [0.717, 1.165) is 25.9 Å². The molecular weight excluding hydrogens is 244 g/mol. The van der Waals surface area contributed by atoms with Gasteiger partial charge in [0.1, 0.15) is 0 Å². The van der Waals surface area contributed by atoms with Crippen molar-refractivity contribution in [3.63, 3.8) is 0 Å². The number of terminal acetylenes is 1. The third-order valence-corrected chi connectivity index (χ3v) is 3.40. The largest absolute Gasteiger partial charge is 0.343 e. The molecule has 0 spiro atoms. The second kappa shape index (κ2) is 6.15. The average Bonchev–Trinajstić information content (AvgIpc) is 2.74. The molecule has 2 rings (SSSR count). The van der Waals surface area contributed by atoms with Crippen molar-refractivity contribution in [2.45, 2.75) is 52.2 Å². The molecule has 0 unspecified atom stereocenters. The van der Waals surface area contributed by atoms with Gasteiger partial charge in [-0.2, -0.15) is 0 Å². The van der Waals surface area contributed by atoms with Crippen LogP contribution in [0.4, 0.5) is 0 Å². The molecule has 1 aromatic carbocycles. The van der Waals surface area contributed by atoms with Crippen molar-refractivity contribution in [1.29, 1.82) is 0 Å². The van der Waals surface area contributed by atoms with Crippen molar-refractivity contribution in [1.82, 2.24) is 9.88 Å². The van der Waals surface area contributed by atoms with E-state index < -0.39 is 0 Å². The molecule has 1 aromatic heterocycles. The van der Waals surface area contributed by atoms with Crippen LogP contribution in [-0.2, 0) is 13.1 Å². The van der Waals surface area contributed by atoms with Crippen LogP contribution >= 0.6 is 0 Å². The van der Waals surface area contributed by atoms with Crippen molar-refractivity contribution >= 4 is 10.9 Å². The third-order valence-electron chi connectivity index (χ3n) is 3.40. The normalized spacial score (nSPS) is 11.7. The van der Waals surface area contributed by atoms with Gasteiger partial charge in [-0.3, -0.25) is 0 Å². The summed E-state index contributed by atoms with van der Waals surface area (Å²) in [5.41, 5.74) is 2.76. The fraction of sp³-hybridized carbons (Fsp3) is 0.444. The van der Waals surface area contributed by atoms with E-state index in [1.807, 2.05) is 0 Å². The Bertz CT molecular complexity index is 608. The number of nitrogens with one attached hydrogen (secondary N) is 1. The Balaban J connectivity index is 2.27. The minimum atomic E-state index is 0.125. The molecule has 1 N–H and O–H groups in total. The van der Waals surface area contributed by atoms with E-state index in [1.165, 1.54) is 16.6 Å². The topological polar surface area (TPSA) is 17.0 Å². The molecule has 20 heavy (non-hydrogen) atoms. The van der Waals surface area contributed by atoms with Gasteiger partial charge in [0, 0.05) is 36.3 Å². The summed E-state index contributed by atoms with van der Waals surface area (Å²) in [4.78, 5) is 0. The molecule has 0 radical (unpaired) electrons. The first kappa shape index (κ1) is 14.7. The van der Waals surface area contributed by atoms with E-state index in [0.29, 0.717) is 0 Å². The number of hydrogen-bond donors (Lipinski definition) is 1. The van der Waals surface area contributed by atoms with Gasteiger partial charge in [0.05, 0.1) is 0 Å². The zero-order valence-corrected chi connectivity index (χ0v) is 12.7. The molecule has 0 saturated heterocycles. The summed E-state index contributed by atoms with van der Waals surface area (Å²) in [5, 5.41) is 4.87. The maximum absolute atomic E-state index is 5.36. The lowest BCUT2D eigenvalue weighted by Crippen LogP contribution is -2.35. The number of fused-ring (bicyclic) bond motifs is 1. The van der Waals surface area contributed by atoms with E-state index >= 15 is 0 Å². The predicted molar refractivity (Wildman–Crippen MR) is 86.6 cm³/mol. The quantitative estimate of drug-likeness (QED) is 0.642. The van der Waals surface area contributed by atoms with Gasteiger partial charge in [-0.15, -0.1) is 12.3 Å². The second-order valence-corrected chi connectivity index (χ2v) is 6.26. The van der Waals surface area contributed by atoms with Crippen molar-refractivity contribution in [3.8, 4) is 12.3 Å². The highest BCUT2D eigenvalue weighted by Crippen LogP contribution is 2.21. The molecule has 0 atom stereocenters. The number of benzene rings is 1. The number of aryl methyl sites for hydroxylation is 1. The Labute approximate surface area is 122 Å². The van der Waals surface area contributed by atoms with E-state index in [2.05, 4.69) is 66.9 Å². The highest BCUT2D eigenvalue weighted by Gasteiger charge is 2.12. The molecule has 2 aromatic rings. The summed E-state index contributed by atoms with van der Waals surface area (Å²) in [6.07, 6.45) is 7.22. The van der Waals surface area contributed by atoms with Gasteiger partial charge in [-0.05, 0) is 44.7 Å². The first-order valence-electron chi connectivity index (χ1n) is 7.27. The molecule has 1 heterocycles. The Morgan fingerprint density at radius 3 is 2.70 bits per heavy atom. The molecule has 0 bridgehead atoms. The molecule has 2 heteroatoms. The highest BCUT2D eigenvalue weighted by molar-refractivity contribution is 5.81. The molecule has 0 aliphatic rings. The summed E-state index contributed by atoms with van der Waals surface area (Å²) < 4.78 is 2.39. The van der Waals surface area contributed by atoms with Crippen LogP contribution in [0.25, 0.3) is 10.9 Å². The third kappa shape index (κ3) is 3.65. The van der Waals surface area contributed by atoms with Gasteiger partial charge in [-0.25, -0.2) is 0 Å². The molecule has 0 amide bonds. The lowest BCUT2D eigenvalue weighted by molar-refractivity contribution is 0.415. The van der Waals surface area contributed by atoms with E-state index in [4.69, 9.17) is 6.42 Å². The summed E-state index contributed by atoms with van der Waals surface area (Å²) in [5.74, 6) is 2.72. The predicted octanol–water partition coefficient (Wildman–Crippen LogP) is 3.94. The zero-order valence-electron chi connectivity index (χ0n) is 12.7. The van der Waals surface area contributed by atoms with Crippen LogP contribution in [0.3, 0.4) is 0 Å². The van der Waals surface area contributed by atoms with Crippen LogP contribution in [-0.4, -0.2) is 10.1 Å². The van der Waals surface area contributed by atoms with Crippen molar-refractivity contribution < 1.29 is 0 Å². The van der Waals surface area contributed by atoms with E-state index in [1.54, 1.807) is 0 Å². The number of unbranched alkanes of at least 4 members (excludes halogenated alkanes) is 1. The van der Waals surface area contributed by atoms with Crippen molar-refractivity contribution in [2.24, 2.45) is 0 Å². The number of aromatic nitrogens is 1. The SMILES string of the molecule is C#CCCCn1c(CNC(C)(C)C)cc2ccccc21. The molecular formula is C18H24N2. The van der Waals surface area contributed by atoms with Gasteiger partial charge in [0.2, 0.25) is 0 Å². The maximum atomic E-state index is 5.36. The Hall–Kier alpha value is -1.72. The number of para-hydroxylation sites is 1. The minimum Gasteiger partial charge on any atom is -0.343 e. The summed E-state index contributed by atoms with van der Waals surface area (Å²) >= 11 is 0. The minimum absolute atomic E-state index is 0.125. The monoisotopic (exact) mass is 268 g/mol. The Morgan fingerprint density at radius 2 is 2.00 bits per heavy atom. The van der Waals surface area contributed by atoms with Crippen LogP contribution in [0.2, 0.25) is 0 Å². The second-order valence-electron chi connectivity index (χ2n) is 6.26. The highest BCUT2D eigenvalue weighted by atomic mass is 15.0. The summed E-state index contributed by atoms with van der Waals surface area (Å²) in [6.45, 7) is 8.45. The van der Waals surface area contributed by atoms with Crippen molar-refractivity contribution in [3.05, 3.63) is 36.0 Å². The lowest BCUT2D eigenvalue weighted by atomic mass is 10.1. The van der Waals surface area contributed by atoms with Gasteiger partial charge < -0.3 is 9.88 Å². The smallest absolute Gasteiger partial charge is 0.0482 e. The van der Waals surface area contributed by atoms with Crippen LogP contribution in [0.1, 0.15) is 39.3 Å². The molecule has 2 nitrogen and oxygen atoms in total. The number of hydrogen-bond acceptors (Lipinski definition) is 1. The Morgan fingerprint density at radius 1 is 1.25 bits per heavy atom. The molecule has 0 fully saturated rings. The van der Waals surface area contributed by atoms with Gasteiger partial charge >= 0.3 is 0 Å². The summed E-state index contributed by atoms with van der Waals surface area (Å²) in [6, 6.07) is 10.8. The summed E-state index contributed by atoms with van der Waals surface area (Å²) in [7, 11) is 0. The fourth-order valence-electron chi connectivity index (χ4n) is 2.37. The van der Waals surface area contributed by atoms with E-state index in [-0.39, 0.29) is 5.54 Å². The first-order valence-corrected chi connectivity index (χ1v) is 7.27. The standard InChI is InChI=1S/C18H24N2/c1-5-6-9-12-20-16(14-19-18(2,3)4)13-15-10-7-8-11-17(15)20/h1,7-8,10-11,13,19H,6,9,12,14H2,2-4H3. The Kier molecular flexibility index (Phi) is 4.52. The lowest BCUT2D eigenvalue weighted by Gasteiger charge is -2.21. The van der Waals surface area contributed by atoms with Gasteiger partial charge in [-0.1, -0.05) is 18.2 Å².